The monoisotopic (exact) mass is 308 g/mol. The third-order valence-corrected chi connectivity index (χ3v) is 2.82. The lowest BCUT2D eigenvalue weighted by atomic mass is 10.4. The first kappa shape index (κ1) is 14.3. The van der Waals surface area contributed by atoms with Crippen LogP contribution in [0.2, 0.25) is 10.0 Å². The van der Waals surface area contributed by atoms with Crippen LogP contribution in [0.25, 0.3) is 0 Å². The maximum Gasteiger partial charge on any atom is 0.182 e. The van der Waals surface area contributed by atoms with Gasteiger partial charge < -0.3 is 10.6 Å². The van der Waals surface area contributed by atoms with Gasteiger partial charge in [-0.1, -0.05) is 23.2 Å². The maximum absolute atomic E-state index is 8.87. The summed E-state index contributed by atoms with van der Waals surface area (Å²) in [6, 6.07) is 3.58. The standard InChI is InChI=1S/C12H10Cl2N6/c13-8-5-9(14)11(20-7-8)17-3-4-19-12-10(6-15)16-1-2-18-12/h1-2,5,7H,3-4H2,(H,17,20)(H,18,19). The Bertz CT molecular complexity index is 640. The molecule has 0 saturated heterocycles. The van der Waals surface area contributed by atoms with Crippen molar-refractivity contribution in [2.75, 3.05) is 23.7 Å². The number of nitrogens with one attached hydrogen (secondary N) is 2. The topological polar surface area (TPSA) is 86.5 Å². The molecule has 0 spiro atoms. The first-order valence-corrected chi connectivity index (χ1v) is 6.46. The van der Waals surface area contributed by atoms with Crippen LogP contribution in [0, 0.1) is 11.3 Å². The van der Waals surface area contributed by atoms with Crippen molar-refractivity contribution in [1.29, 1.82) is 5.26 Å². The Labute approximate surface area is 125 Å². The summed E-state index contributed by atoms with van der Waals surface area (Å²) in [5.41, 5.74) is 0.259. The van der Waals surface area contributed by atoms with E-state index in [2.05, 4.69) is 25.6 Å². The van der Waals surface area contributed by atoms with Crippen LogP contribution in [-0.2, 0) is 0 Å². The molecule has 0 radical (unpaired) electrons. The number of halogens is 2. The van der Waals surface area contributed by atoms with Gasteiger partial charge in [0.2, 0.25) is 0 Å². The quantitative estimate of drug-likeness (QED) is 0.826. The van der Waals surface area contributed by atoms with Crippen molar-refractivity contribution in [2.45, 2.75) is 0 Å². The molecule has 0 aliphatic carbocycles. The Morgan fingerprint density at radius 1 is 1.05 bits per heavy atom. The molecule has 20 heavy (non-hydrogen) atoms. The molecule has 0 aromatic carbocycles. The third-order valence-electron chi connectivity index (χ3n) is 2.32. The molecule has 0 unspecified atom stereocenters. The summed E-state index contributed by atoms with van der Waals surface area (Å²) in [6.07, 6.45) is 4.51. The number of nitriles is 1. The van der Waals surface area contributed by atoms with Gasteiger partial charge in [-0.25, -0.2) is 15.0 Å². The second kappa shape index (κ2) is 6.89. The second-order valence-corrected chi connectivity index (χ2v) is 4.55. The summed E-state index contributed by atoms with van der Waals surface area (Å²) < 4.78 is 0. The van der Waals surface area contributed by atoms with Gasteiger partial charge in [-0.3, -0.25) is 0 Å². The molecule has 102 valence electrons. The van der Waals surface area contributed by atoms with Crippen molar-refractivity contribution in [3.8, 4) is 6.07 Å². The average molecular weight is 309 g/mol. The van der Waals surface area contributed by atoms with Crippen molar-refractivity contribution in [3.63, 3.8) is 0 Å². The first-order chi connectivity index (χ1) is 9.70. The van der Waals surface area contributed by atoms with E-state index in [1.165, 1.54) is 18.6 Å². The second-order valence-electron chi connectivity index (χ2n) is 3.70. The highest BCUT2D eigenvalue weighted by Gasteiger charge is 2.04. The summed E-state index contributed by atoms with van der Waals surface area (Å²) in [7, 11) is 0. The molecule has 0 aliphatic rings. The van der Waals surface area contributed by atoms with Crippen LogP contribution >= 0.6 is 23.2 Å². The molecule has 0 bridgehead atoms. The van der Waals surface area contributed by atoms with E-state index in [1.807, 2.05) is 6.07 Å². The van der Waals surface area contributed by atoms with Crippen LogP contribution in [0.15, 0.2) is 24.7 Å². The molecule has 2 N–H and O–H groups in total. The van der Waals surface area contributed by atoms with Gasteiger partial charge in [0, 0.05) is 31.7 Å². The number of hydrogen-bond acceptors (Lipinski definition) is 6. The van der Waals surface area contributed by atoms with Crippen molar-refractivity contribution in [1.82, 2.24) is 15.0 Å². The van der Waals surface area contributed by atoms with E-state index in [9.17, 15) is 0 Å². The summed E-state index contributed by atoms with van der Waals surface area (Å²) >= 11 is 11.7. The molecule has 0 aliphatic heterocycles. The maximum atomic E-state index is 8.87. The predicted molar refractivity (Wildman–Crippen MR) is 78.0 cm³/mol. The molecule has 2 rings (SSSR count). The van der Waals surface area contributed by atoms with Gasteiger partial charge in [-0.2, -0.15) is 5.26 Å². The van der Waals surface area contributed by atoms with Crippen molar-refractivity contribution in [2.24, 2.45) is 0 Å². The van der Waals surface area contributed by atoms with Crippen LogP contribution in [0.5, 0.6) is 0 Å². The highest BCUT2D eigenvalue weighted by Crippen LogP contribution is 2.22. The molecule has 0 saturated carbocycles. The fourth-order valence-electron chi connectivity index (χ4n) is 1.46. The van der Waals surface area contributed by atoms with Gasteiger partial charge in [0.15, 0.2) is 11.5 Å². The predicted octanol–water partition coefficient (Wildman–Crippen LogP) is 2.57. The Hall–Kier alpha value is -2.10. The summed E-state index contributed by atoms with van der Waals surface area (Å²) in [6.45, 7) is 1.09. The normalized spacial score (nSPS) is 9.85. The number of anilines is 2. The zero-order valence-corrected chi connectivity index (χ0v) is 11.8. The minimum atomic E-state index is 0.259. The molecule has 2 aromatic rings. The molecule has 8 heteroatoms. The van der Waals surface area contributed by atoms with E-state index >= 15 is 0 Å². The van der Waals surface area contributed by atoms with Gasteiger partial charge in [-0.15, -0.1) is 0 Å². The fraction of sp³-hybridized carbons (Fsp3) is 0.167. The van der Waals surface area contributed by atoms with Gasteiger partial charge in [-0.05, 0) is 6.07 Å². The molecule has 0 amide bonds. The van der Waals surface area contributed by atoms with Gasteiger partial charge >= 0.3 is 0 Å². The van der Waals surface area contributed by atoms with Crippen LogP contribution in [0.3, 0.4) is 0 Å². The SMILES string of the molecule is N#Cc1nccnc1NCCNc1ncc(Cl)cc1Cl. The Kier molecular flexibility index (Phi) is 4.93. The lowest BCUT2D eigenvalue weighted by Gasteiger charge is -2.09. The van der Waals surface area contributed by atoms with Crippen molar-refractivity contribution in [3.05, 3.63) is 40.4 Å². The molecule has 2 aromatic heterocycles. The number of hydrogen-bond donors (Lipinski definition) is 2. The van der Waals surface area contributed by atoms with E-state index in [4.69, 9.17) is 28.5 Å². The van der Waals surface area contributed by atoms with E-state index in [1.54, 1.807) is 6.07 Å². The Morgan fingerprint density at radius 3 is 2.45 bits per heavy atom. The van der Waals surface area contributed by atoms with Crippen LogP contribution in [0.4, 0.5) is 11.6 Å². The molecular formula is C12H10Cl2N6. The van der Waals surface area contributed by atoms with Crippen LogP contribution in [0.1, 0.15) is 5.69 Å². The third kappa shape index (κ3) is 3.70. The number of nitrogens with zero attached hydrogens (tertiary/aromatic N) is 4. The van der Waals surface area contributed by atoms with Crippen molar-refractivity contribution >= 4 is 34.8 Å². The molecule has 0 atom stereocenters. The Morgan fingerprint density at radius 2 is 1.75 bits per heavy atom. The van der Waals surface area contributed by atoms with Gasteiger partial charge in [0.1, 0.15) is 11.9 Å². The Balaban J connectivity index is 1.86. The van der Waals surface area contributed by atoms with Crippen LogP contribution in [-0.4, -0.2) is 28.0 Å². The van der Waals surface area contributed by atoms with E-state index in [0.717, 1.165) is 0 Å². The van der Waals surface area contributed by atoms with E-state index in [-0.39, 0.29) is 5.69 Å². The minimum Gasteiger partial charge on any atom is -0.367 e. The molecule has 0 fully saturated rings. The zero-order valence-electron chi connectivity index (χ0n) is 10.3. The lowest BCUT2D eigenvalue weighted by Crippen LogP contribution is -2.16. The fourth-order valence-corrected chi connectivity index (χ4v) is 1.90. The number of pyridine rings is 1. The van der Waals surface area contributed by atoms with E-state index in [0.29, 0.717) is 34.8 Å². The highest BCUT2D eigenvalue weighted by atomic mass is 35.5. The van der Waals surface area contributed by atoms with Crippen LogP contribution < -0.4 is 10.6 Å². The smallest absolute Gasteiger partial charge is 0.182 e. The zero-order chi connectivity index (χ0) is 14.4. The summed E-state index contributed by atoms with van der Waals surface area (Å²) in [5, 5.41) is 15.9. The van der Waals surface area contributed by atoms with Gasteiger partial charge in [0.05, 0.1) is 10.0 Å². The van der Waals surface area contributed by atoms with Gasteiger partial charge in [0.25, 0.3) is 0 Å². The van der Waals surface area contributed by atoms with E-state index < -0.39 is 0 Å². The number of aromatic nitrogens is 3. The highest BCUT2D eigenvalue weighted by molar-refractivity contribution is 6.35. The molecule has 2 heterocycles. The number of rotatable bonds is 5. The largest absolute Gasteiger partial charge is 0.367 e. The first-order valence-electron chi connectivity index (χ1n) is 5.70. The summed E-state index contributed by atoms with van der Waals surface area (Å²) in [5.74, 6) is 1.00. The average Bonchev–Trinajstić information content (AvgIpc) is 2.46. The minimum absolute atomic E-state index is 0.259. The summed E-state index contributed by atoms with van der Waals surface area (Å²) in [4.78, 5) is 12.0. The molecular weight excluding hydrogens is 299 g/mol. The molecule has 6 nitrogen and oxygen atoms in total. The van der Waals surface area contributed by atoms with Crippen molar-refractivity contribution < 1.29 is 0 Å². The lowest BCUT2D eigenvalue weighted by molar-refractivity contribution is 1.03.